The van der Waals surface area contributed by atoms with Gasteiger partial charge in [-0.25, -0.2) is 0 Å². The van der Waals surface area contributed by atoms with E-state index in [2.05, 4.69) is 13.8 Å². The maximum absolute atomic E-state index is 12.5. The molecular formula is C18H21NO3. The van der Waals surface area contributed by atoms with E-state index in [1.165, 1.54) is 16.0 Å². The lowest BCUT2D eigenvalue weighted by Gasteiger charge is -2.23. The molecule has 0 unspecified atom stereocenters. The summed E-state index contributed by atoms with van der Waals surface area (Å²) in [5.74, 6) is 0.380. The van der Waals surface area contributed by atoms with Gasteiger partial charge >= 0.3 is 0 Å². The molecule has 1 aromatic rings. The quantitative estimate of drug-likeness (QED) is 0.634. The number of likely N-dealkylation sites (tertiary alicyclic amines) is 1. The van der Waals surface area contributed by atoms with Crippen LogP contribution in [-0.2, 0) is 9.59 Å². The second kappa shape index (κ2) is 5.95. The number of hydrogen-bond donors (Lipinski definition) is 0. The van der Waals surface area contributed by atoms with Crippen LogP contribution in [0.4, 0.5) is 0 Å². The van der Waals surface area contributed by atoms with Crippen molar-refractivity contribution in [1.82, 2.24) is 4.90 Å². The van der Waals surface area contributed by atoms with Crippen LogP contribution in [0.5, 0.6) is 5.75 Å². The van der Waals surface area contributed by atoms with Crippen LogP contribution in [-0.4, -0.2) is 29.9 Å². The zero-order valence-corrected chi connectivity index (χ0v) is 13.0. The van der Waals surface area contributed by atoms with Crippen LogP contribution in [0.25, 0.3) is 0 Å². The number of hydrogen-bond acceptors (Lipinski definition) is 3. The molecule has 0 saturated carbocycles. The fourth-order valence-corrected chi connectivity index (χ4v) is 3.31. The van der Waals surface area contributed by atoms with Crippen LogP contribution in [0, 0.1) is 11.8 Å². The molecule has 4 heteroatoms. The van der Waals surface area contributed by atoms with Crippen LogP contribution < -0.4 is 4.74 Å². The molecule has 22 heavy (non-hydrogen) atoms. The van der Waals surface area contributed by atoms with E-state index < -0.39 is 0 Å². The first-order chi connectivity index (χ1) is 10.6. The Balaban J connectivity index is 1.62. The molecule has 0 aromatic heterocycles. The Kier molecular flexibility index (Phi) is 4.01. The average Bonchev–Trinajstić information content (AvgIpc) is 2.74. The molecule has 2 aliphatic rings. The summed E-state index contributed by atoms with van der Waals surface area (Å²) < 4.78 is 5.60. The van der Waals surface area contributed by atoms with Crippen LogP contribution in [0.15, 0.2) is 41.5 Å². The highest BCUT2D eigenvalue weighted by atomic mass is 16.5. The summed E-state index contributed by atoms with van der Waals surface area (Å²) in [5.41, 5.74) is 2.51. The summed E-state index contributed by atoms with van der Waals surface area (Å²) in [6, 6.07) is 9.44. The Morgan fingerprint density at radius 2 is 1.55 bits per heavy atom. The number of benzene rings is 1. The summed E-state index contributed by atoms with van der Waals surface area (Å²) in [6.45, 7) is 4.79. The Morgan fingerprint density at radius 3 is 2.09 bits per heavy atom. The summed E-state index contributed by atoms with van der Waals surface area (Å²) in [5, 5.41) is 0. The Morgan fingerprint density at radius 1 is 1.00 bits per heavy atom. The molecule has 0 spiro atoms. The number of amides is 2. The van der Waals surface area contributed by atoms with Crippen LogP contribution >= 0.6 is 0 Å². The molecule has 1 aliphatic heterocycles. The summed E-state index contributed by atoms with van der Waals surface area (Å²) in [6.07, 6.45) is 1.44. The van der Waals surface area contributed by atoms with E-state index in [1.54, 1.807) is 0 Å². The number of rotatable bonds is 4. The van der Waals surface area contributed by atoms with Crippen molar-refractivity contribution >= 4 is 11.8 Å². The molecule has 1 aromatic carbocycles. The predicted molar refractivity (Wildman–Crippen MR) is 83.2 cm³/mol. The molecule has 2 atom stereocenters. The molecule has 0 N–H and O–H groups in total. The first-order valence-corrected chi connectivity index (χ1v) is 7.76. The Labute approximate surface area is 130 Å². The predicted octanol–water partition coefficient (Wildman–Crippen LogP) is 2.80. The highest BCUT2D eigenvalue weighted by Gasteiger charge is 2.48. The average molecular weight is 299 g/mol. The minimum absolute atomic E-state index is 0.0292. The molecule has 1 aliphatic carbocycles. The van der Waals surface area contributed by atoms with Crippen molar-refractivity contribution in [2.75, 3.05) is 13.2 Å². The van der Waals surface area contributed by atoms with Crippen molar-refractivity contribution < 1.29 is 14.3 Å². The molecule has 116 valence electrons. The standard InChI is InChI=1S/C18H21NO3/c1-12-10-15-16(11-13(12)2)18(21)19(17(15)20)8-9-22-14-6-4-3-5-7-14/h3-7,15-16H,8-11H2,1-2H3/t15-,16+. The second-order valence-corrected chi connectivity index (χ2v) is 6.17. The Bertz CT molecular complexity index is 588. The molecule has 2 amide bonds. The van der Waals surface area contributed by atoms with Gasteiger partial charge in [-0.15, -0.1) is 0 Å². The normalized spacial score (nSPS) is 24.7. The van der Waals surface area contributed by atoms with Crippen LogP contribution in [0.1, 0.15) is 26.7 Å². The SMILES string of the molecule is CC1=C(C)C[C@H]2C(=O)N(CCOc3ccccc3)C(=O)[C@H]2C1. The topological polar surface area (TPSA) is 46.6 Å². The third-order valence-electron chi connectivity index (χ3n) is 4.76. The van der Waals surface area contributed by atoms with Gasteiger partial charge < -0.3 is 4.74 Å². The lowest BCUT2D eigenvalue weighted by Crippen LogP contribution is -2.34. The number of nitrogens with zero attached hydrogens (tertiary/aromatic N) is 1. The van der Waals surface area contributed by atoms with Gasteiger partial charge in [-0.3, -0.25) is 14.5 Å². The van der Waals surface area contributed by atoms with Gasteiger partial charge in [-0.05, 0) is 38.8 Å². The number of carbonyl (C=O) groups is 2. The number of fused-ring (bicyclic) bond motifs is 1. The lowest BCUT2D eigenvalue weighted by molar-refractivity contribution is -0.140. The third-order valence-corrected chi connectivity index (χ3v) is 4.76. The minimum Gasteiger partial charge on any atom is -0.492 e. The van der Waals surface area contributed by atoms with Crippen molar-refractivity contribution in [2.45, 2.75) is 26.7 Å². The van der Waals surface area contributed by atoms with E-state index in [0.717, 1.165) is 18.6 Å². The maximum Gasteiger partial charge on any atom is 0.233 e. The lowest BCUT2D eigenvalue weighted by atomic mass is 9.78. The van der Waals surface area contributed by atoms with Crippen LogP contribution in [0.3, 0.4) is 0 Å². The number of allylic oxidation sites excluding steroid dienone is 2. The zero-order chi connectivity index (χ0) is 15.7. The monoisotopic (exact) mass is 299 g/mol. The van der Waals surface area contributed by atoms with Crippen molar-refractivity contribution in [3.8, 4) is 5.75 Å². The second-order valence-electron chi connectivity index (χ2n) is 6.17. The van der Waals surface area contributed by atoms with E-state index in [1.807, 2.05) is 30.3 Å². The molecule has 3 rings (SSSR count). The maximum atomic E-state index is 12.5. The fourth-order valence-electron chi connectivity index (χ4n) is 3.31. The van der Waals surface area contributed by atoms with Gasteiger partial charge in [0, 0.05) is 0 Å². The van der Waals surface area contributed by atoms with E-state index in [4.69, 9.17) is 4.74 Å². The van der Waals surface area contributed by atoms with Gasteiger partial charge in [-0.2, -0.15) is 0 Å². The number of para-hydroxylation sites is 1. The number of imide groups is 1. The smallest absolute Gasteiger partial charge is 0.233 e. The van der Waals surface area contributed by atoms with Gasteiger partial charge in [0.2, 0.25) is 11.8 Å². The number of carbonyl (C=O) groups excluding carboxylic acids is 2. The van der Waals surface area contributed by atoms with Gasteiger partial charge in [-0.1, -0.05) is 29.3 Å². The van der Waals surface area contributed by atoms with E-state index in [-0.39, 0.29) is 23.7 Å². The van der Waals surface area contributed by atoms with Crippen molar-refractivity contribution in [3.05, 3.63) is 41.5 Å². The molecule has 0 radical (unpaired) electrons. The highest BCUT2D eigenvalue weighted by Crippen LogP contribution is 2.40. The van der Waals surface area contributed by atoms with E-state index >= 15 is 0 Å². The van der Waals surface area contributed by atoms with Crippen molar-refractivity contribution in [1.29, 1.82) is 0 Å². The first kappa shape index (κ1) is 14.8. The molecular weight excluding hydrogens is 278 g/mol. The van der Waals surface area contributed by atoms with Gasteiger partial charge in [0.25, 0.3) is 0 Å². The first-order valence-electron chi connectivity index (χ1n) is 7.76. The number of ether oxygens (including phenoxy) is 1. The molecule has 1 saturated heterocycles. The fraction of sp³-hybridized carbons (Fsp3) is 0.444. The van der Waals surface area contributed by atoms with Crippen molar-refractivity contribution in [3.63, 3.8) is 0 Å². The van der Waals surface area contributed by atoms with Gasteiger partial charge in [0.1, 0.15) is 12.4 Å². The largest absolute Gasteiger partial charge is 0.492 e. The summed E-state index contributed by atoms with van der Waals surface area (Å²) >= 11 is 0. The highest BCUT2D eigenvalue weighted by molar-refractivity contribution is 6.05. The summed E-state index contributed by atoms with van der Waals surface area (Å²) in [7, 11) is 0. The van der Waals surface area contributed by atoms with Crippen LogP contribution in [0.2, 0.25) is 0 Å². The van der Waals surface area contributed by atoms with E-state index in [0.29, 0.717) is 13.2 Å². The minimum atomic E-state index is -0.159. The summed E-state index contributed by atoms with van der Waals surface area (Å²) in [4.78, 5) is 26.3. The third kappa shape index (κ3) is 2.65. The van der Waals surface area contributed by atoms with Crippen molar-refractivity contribution in [2.24, 2.45) is 11.8 Å². The zero-order valence-electron chi connectivity index (χ0n) is 13.0. The molecule has 0 bridgehead atoms. The molecule has 1 heterocycles. The van der Waals surface area contributed by atoms with E-state index in [9.17, 15) is 9.59 Å². The van der Waals surface area contributed by atoms with Gasteiger partial charge in [0.15, 0.2) is 0 Å². The molecule has 1 fully saturated rings. The molecule has 4 nitrogen and oxygen atoms in total. The Hall–Kier alpha value is -2.10. The van der Waals surface area contributed by atoms with Gasteiger partial charge in [0.05, 0.1) is 18.4 Å².